The number of carboxylic acid groups (broad SMARTS) is 2. The Morgan fingerprint density at radius 1 is 1.22 bits per heavy atom. The summed E-state index contributed by atoms with van der Waals surface area (Å²) in [6.07, 6.45) is -1.36. The number of aliphatic hydroxyl groups is 2. The standard InChI is InChI=1S/C9H9NO8/c11-4(12)2-10-1-3(8(15)16)6(13)7(14)5(10)9(17)18/h1,4,11-12,14H,2H2,(H,15,16)(H,17,18). The second kappa shape index (κ2) is 4.85. The molecule has 1 aromatic rings. The van der Waals surface area contributed by atoms with E-state index in [1.807, 2.05) is 0 Å². The minimum atomic E-state index is -1.98. The summed E-state index contributed by atoms with van der Waals surface area (Å²) in [5.74, 6) is -4.65. The summed E-state index contributed by atoms with van der Waals surface area (Å²) in [6, 6.07) is 0. The summed E-state index contributed by atoms with van der Waals surface area (Å²) in [4.78, 5) is 32.9. The van der Waals surface area contributed by atoms with Gasteiger partial charge in [-0.2, -0.15) is 0 Å². The number of hydrogen-bond acceptors (Lipinski definition) is 6. The summed E-state index contributed by atoms with van der Waals surface area (Å²) in [5, 5.41) is 44.3. The van der Waals surface area contributed by atoms with E-state index in [0.29, 0.717) is 10.8 Å². The quantitative estimate of drug-likeness (QED) is 0.399. The fraction of sp³-hybridized carbons (Fsp3) is 0.222. The third-order valence-electron chi connectivity index (χ3n) is 2.05. The lowest BCUT2D eigenvalue weighted by Gasteiger charge is -2.13. The number of aromatic carboxylic acids is 2. The van der Waals surface area contributed by atoms with Crippen molar-refractivity contribution in [2.24, 2.45) is 0 Å². The van der Waals surface area contributed by atoms with E-state index < -0.39 is 47.2 Å². The zero-order chi connectivity index (χ0) is 14.0. The van der Waals surface area contributed by atoms with Gasteiger partial charge in [0, 0.05) is 6.20 Å². The molecule has 5 N–H and O–H groups in total. The van der Waals surface area contributed by atoms with E-state index in [0.717, 1.165) is 0 Å². The molecule has 0 amide bonds. The van der Waals surface area contributed by atoms with Crippen LogP contribution in [0.2, 0.25) is 0 Å². The van der Waals surface area contributed by atoms with Crippen LogP contribution in [0.25, 0.3) is 0 Å². The van der Waals surface area contributed by atoms with Crippen LogP contribution in [0.3, 0.4) is 0 Å². The van der Waals surface area contributed by atoms with Crippen molar-refractivity contribution < 1.29 is 35.1 Å². The third-order valence-corrected chi connectivity index (χ3v) is 2.05. The van der Waals surface area contributed by atoms with Crippen molar-refractivity contribution in [2.45, 2.75) is 12.8 Å². The molecule has 98 valence electrons. The molecule has 0 aliphatic rings. The van der Waals surface area contributed by atoms with Crippen LogP contribution in [0.15, 0.2) is 11.0 Å². The molecular weight excluding hydrogens is 250 g/mol. The number of carbonyl (C=O) groups is 2. The Kier molecular flexibility index (Phi) is 3.69. The van der Waals surface area contributed by atoms with Crippen LogP contribution in [0, 0.1) is 0 Å². The van der Waals surface area contributed by atoms with Crippen LogP contribution in [-0.2, 0) is 6.54 Å². The Bertz CT molecular complexity index is 558. The Hall–Kier alpha value is -2.39. The Labute approximate surface area is 98.8 Å². The molecule has 0 aliphatic carbocycles. The zero-order valence-electron chi connectivity index (χ0n) is 8.77. The van der Waals surface area contributed by atoms with Crippen LogP contribution < -0.4 is 5.43 Å². The zero-order valence-corrected chi connectivity index (χ0v) is 8.77. The number of aliphatic hydroxyl groups excluding tert-OH is 1. The van der Waals surface area contributed by atoms with Gasteiger partial charge in [-0.25, -0.2) is 9.59 Å². The first-order valence-corrected chi connectivity index (χ1v) is 4.54. The van der Waals surface area contributed by atoms with Gasteiger partial charge in [-0.3, -0.25) is 4.79 Å². The lowest BCUT2D eigenvalue weighted by atomic mass is 10.2. The maximum atomic E-state index is 11.3. The van der Waals surface area contributed by atoms with E-state index in [1.54, 1.807) is 0 Å². The van der Waals surface area contributed by atoms with Crippen LogP contribution >= 0.6 is 0 Å². The van der Waals surface area contributed by atoms with Gasteiger partial charge in [0.05, 0.1) is 6.54 Å². The summed E-state index contributed by atoms with van der Waals surface area (Å²) in [6.45, 7) is -0.713. The molecule has 1 rings (SSSR count). The van der Waals surface area contributed by atoms with Gasteiger partial charge >= 0.3 is 11.9 Å². The first kappa shape index (κ1) is 13.7. The Balaban J connectivity index is 3.61. The highest BCUT2D eigenvalue weighted by molar-refractivity contribution is 5.92. The number of rotatable bonds is 4. The maximum absolute atomic E-state index is 11.3. The molecule has 0 saturated carbocycles. The molecule has 1 aromatic heterocycles. The molecule has 0 atom stereocenters. The minimum Gasteiger partial charge on any atom is -0.502 e. The van der Waals surface area contributed by atoms with Gasteiger partial charge in [-0.05, 0) is 0 Å². The highest BCUT2D eigenvalue weighted by Crippen LogP contribution is 2.14. The van der Waals surface area contributed by atoms with Crippen LogP contribution in [-0.4, -0.2) is 48.3 Å². The fourth-order valence-electron chi connectivity index (χ4n) is 1.35. The van der Waals surface area contributed by atoms with Crippen molar-refractivity contribution in [1.82, 2.24) is 4.57 Å². The molecule has 0 aromatic carbocycles. The Morgan fingerprint density at radius 3 is 2.17 bits per heavy atom. The normalized spacial score (nSPS) is 10.6. The van der Waals surface area contributed by atoms with E-state index in [-0.39, 0.29) is 0 Å². The van der Waals surface area contributed by atoms with Crippen molar-refractivity contribution in [3.8, 4) is 5.75 Å². The lowest BCUT2D eigenvalue weighted by molar-refractivity contribution is -0.0518. The average Bonchev–Trinajstić information content (AvgIpc) is 2.21. The van der Waals surface area contributed by atoms with Crippen molar-refractivity contribution >= 4 is 11.9 Å². The molecule has 9 nitrogen and oxygen atoms in total. The summed E-state index contributed by atoms with van der Waals surface area (Å²) in [7, 11) is 0. The number of pyridine rings is 1. The van der Waals surface area contributed by atoms with E-state index in [9.17, 15) is 19.5 Å². The van der Waals surface area contributed by atoms with E-state index in [1.165, 1.54) is 0 Å². The SMILES string of the molecule is O=C(O)c1cn(CC(O)O)c(C(=O)O)c(O)c1=O. The van der Waals surface area contributed by atoms with Crippen LogP contribution in [0.1, 0.15) is 20.8 Å². The van der Waals surface area contributed by atoms with Gasteiger partial charge < -0.3 is 30.1 Å². The number of hydrogen-bond donors (Lipinski definition) is 5. The van der Waals surface area contributed by atoms with Gasteiger partial charge in [-0.15, -0.1) is 0 Å². The van der Waals surface area contributed by atoms with Gasteiger partial charge in [0.25, 0.3) is 0 Å². The molecule has 0 saturated heterocycles. The van der Waals surface area contributed by atoms with E-state index >= 15 is 0 Å². The average molecular weight is 259 g/mol. The first-order valence-electron chi connectivity index (χ1n) is 4.54. The van der Waals surface area contributed by atoms with Crippen LogP contribution in [0.5, 0.6) is 5.75 Å². The molecule has 0 unspecified atom stereocenters. The smallest absolute Gasteiger partial charge is 0.356 e. The van der Waals surface area contributed by atoms with Crippen LogP contribution in [0.4, 0.5) is 0 Å². The molecule has 9 heteroatoms. The van der Waals surface area contributed by atoms with Gasteiger partial charge in [0.2, 0.25) is 5.43 Å². The second-order valence-corrected chi connectivity index (χ2v) is 3.31. The summed E-state index contributed by atoms with van der Waals surface area (Å²) >= 11 is 0. The second-order valence-electron chi connectivity index (χ2n) is 3.31. The largest absolute Gasteiger partial charge is 0.502 e. The first-order chi connectivity index (χ1) is 8.25. The van der Waals surface area contributed by atoms with Crippen molar-refractivity contribution in [2.75, 3.05) is 0 Å². The van der Waals surface area contributed by atoms with Crippen molar-refractivity contribution in [1.29, 1.82) is 0 Å². The highest BCUT2D eigenvalue weighted by atomic mass is 16.5. The summed E-state index contributed by atoms with van der Waals surface area (Å²) in [5.41, 5.74) is -3.15. The molecule has 18 heavy (non-hydrogen) atoms. The molecule has 0 bridgehead atoms. The lowest BCUT2D eigenvalue weighted by Crippen LogP contribution is -2.26. The van der Waals surface area contributed by atoms with Gasteiger partial charge in [0.15, 0.2) is 17.7 Å². The summed E-state index contributed by atoms with van der Waals surface area (Å²) < 4.78 is 0.563. The maximum Gasteiger partial charge on any atom is 0.356 e. The topological polar surface area (TPSA) is 157 Å². The number of carboxylic acids is 2. The predicted molar refractivity (Wildman–Crippen MR) is 54.5 cm³/mol. The van der Waals surface area contributed by atoms with Crippen molar-refractivity contribution in [3.63, 3.8) is 0 Å². The minimum absolute atomic E-state index is 0.563. The van der Waals surface area contributed by atoms with E-state index in [4.69, 9.17) is 20.4 Å². The number of aromatic hydroxyl groups is 1. The molecule has 0 radical (unpaired) electrons. The molecule has 0 spiro atoms. The predicted octanol–water partition coefficient (Wildman–Crippen LogP) is -1.74. The fourth-order valence-corrected chi connectivity index (χ4v) is 1.35. The molecule has 0 aliphatic heterocycles. The van der Waals surface area contributed by atoms with Crippen molar-refractivity contribution in [3.05, 3.63) is 27.7 Å². The highest BCUT2D eigenvalue weighted by Gasteiger charge is 2.23. The number of aromatic nitrogens is 1. The Morgan fingerprint density at radius 2 is 1.78 bits per heavy atom. The molecule has 0 fully saturated rings. The van der Waals surface area contributed by atoms with Gasteiger partial charge in [-0.1, -0.05) is 0 Å². The number of nitrogens with zero attached hydrogens (tertiary/aromatic N) is 1. The third kappa shape index (κ3) is 2.47. The van der Waals surface area contributed by atoms with Gasteiger partial charge in [0.1, 0.15) is 5.56 Å². The van der Waals surface area contributed by atoms with E-state index in [2.05, 4.69) is 0 Å². The molecule has 1 heterocycles. The monoisotopic (exact) mass is 259 g/mol. The molecular formula is C9H9NO8.